The summed E-state index contributed by atoms with van der Waals surface area (Å²) >= 11 is 11.9. The number of amides is 1. The third-order valence-corrected chi connectivity index (χ3v) is 3.47. The number of halogens is 2. The smallest absolute Gasteiger partial charge is 0.262 e. The SMILES string of the molecule is COc1ccc(OCC(=O)Nc2cccc(Cl)c2Cl)cc1. The molecule has 0 atom stereocenters. The second kappa shape index (κ2) is 7.20. The minimum absolute atomic E-state index is 0.130. The summed E-state index contributed by atoms with van der Waals surface area (Å²) in [5.74, 6) is 0.968. The zero-order valence-corrected chi connectivity index (χ0v) is 12.7. The molecule has 2 rings (SSSR count). The number of benzene rings is 2. The molecule has 0 aliphatic heterocycles. The molecule has 0 aliphatic carbocycles. The lowest BCUT2D eigenvalue weighted by Gasteiger charge is -2.09. The molecule has 0 bridgehead atoms. The predicted octanol–water partition coefficient (Wildman–Crippen LogP) is 4.02. The van der Waals surface area contributed by atoms with E-state index in [4.69, 9.17) is 32.7 Å². The van der Waals surface area contributed by atoms with Crippen molar-refractivity contribution in [2.45, 2.75) is 0 Å². The Morgan fingerprint density at radius 2 is 1.76 bits per heavy atom. The highest BCUT2D eigenvalue weighted by Crippen LogP contribution is 2.29. The summed E-state index contributed by atoms with van der Waals surface area (Å²) in [5.41, 5.74) is 0.451. The standard InChI is InChI=1S/C15H13Cl2NO3/c1-20-10-5-7-11(8-6-10)21-9-14(19)18-13-4-2-3-12(16)15(13)17/h2-8H,9H2,1H3,(H,18,19). The summed E-state index contributed by atoms with van der Waals surface area (Å²) in [7, 11) is 1.58. The lowest BCUT2D eigenvalue weighted by molar-refractivity contribution is -0.118. The molecule has 0 saturated carbocycles. The van der Waals surface area contributed by atoms with Gasteiger partial charge < -0.3 is 14.8 Å². The number of rotatable bonds is 5. The van der Waals surface area contributed by atoms with Gasteiger partial charge in [-0.15, -0.1) is 0 Å². The van der Waals surface area contributed by atoms with Gasteiger partial charge in [-0.25, -0.2) is 0 Å². The summed E-state index contributed by atoms with van der Waals surface area (Å²) in [4.78, 5) is 11.8. The molecule has 2 aromatic carbocycles. The van der Waals surface area contributed by atoms with Gasteiger partial charge in [0.05, 0.1) is 22.8 Å². The third kappa shape index (κ3) is 4.28. The van der Waals surface area contributed by atoms with E-state index in [2.05, 4.69) is 5.32 Å². The van der Waals surface area contributed by atoms with Crippen molar-refractivity contribution in [3.05, 3.63) is 52.5 Å². The normalized spacial score (nSPS) is 10.0. The molecule has 0 unspecified atom stereocenters. The van der Waals surface area contributed by atoms with E-state index in [0.717, 1.165) is 5.75 Å². The van der Waals surface area contributed by atoms with Gasteiger partial charge >= 0.3 is 0 Å². The Bertz CT molecular complexity index is 629. The molecule has 2 aromatic rings. The molecule has 1 N–H and O–H groups in total. The average Bonchev–Trinajstić information content (AvgIpc) is 2.50. The van der Waals surface area contributed by atoms with Crippen molar-refractivity contribution in [1.82, 2.24) is 0 Å². The Morgan fingerprint density at radius 1 is 1.10 bits per heavy atom. The second-order valence-corrected chi connectivity index (χ2v) is 4.90. The predicted molar refractivity (Wildman–Crippen MR) is 83.6 cm³/mol. The van der Waals surface area contributed by atoms with E-state index in [1.165, 1.54) is 0 Å². The van der Waals surface area contributed by atoms with Crippen LogP contribution in [0.4, 0.5) is 5.69 Å². The largest absolute Gasteiger partial charge is 0.497 e. The van der Waals surface area contributed by atoms with Gasteiger partial charge in [-0.05, 0) is 36.4 Å². The van der Waals surface area contributed by atoms with Crippen LogP contribution in [0.1, 0.15) is 0 Å². The van der Waals surface area contributed by atoms with Crippen LogP contribution < -0.4 is 14.8 Å². The number of anilines is 1. The van der Waals surface area contributed by atoms with E-state index in [1.807, 2.05) is 0 Å². The Balaban J connectivity index is 1.91. The van der Waals surface area contributed by atoms with Crippen LogP contribution in [0.25, 0.3) is 0 Å². The highest BCUT2D eigenvalue weighted by molar-refractivity contribution is 6.43. The van der Waals surface area contributed by atoms with Gasteiger partial charge in [0.2, 0.25) is 0 Å². The number of ether oxygens (including phenoxy) is 2. The lowest BCUT2D eigenvalue weighted by atomic mass is 10.3. The van der Waals surface area contributed by atoms with Crippen LogP contribution in [-0.2, 0) is 4.79 Å². The van der Waals surface area contributed by atoms with Crippen LogP contribution in [0.5, 0.6) is 11.5 Å². The van der Waals surface area contributed by atoms with Crippen molar-refractivity contribution in [3.8, 4) is 11.5 Å². The van der Waals surface area contributed by atoms with Gasteiger partial charge in [-0.1, -0.05) is 29.3 Å². The molecule has 0 spiro atoms. The first-order chi connectivity index (χ1) is 10.1. The lowest BCUT2D eigenvalue weighted by Crippen LogP contribution is -2.20. The molecule has 0 aromatic heterocycles. The van der Waals surface area contributed by atoms with E-state index in [0.29, 0.717) is 21.5 Å². The molecule has 21 heavy (non-hydrogen) atoms. The molecule has 0 aliphatic rings. The summed E-state index contributed by atoms with van der Waals surface area (Å²) in [5, 5.41) is 3.32. The van der Waals surface area contributed by atoms with E-state index in [1.54, 1.807) is 49.6 Å². The molecule has 1 amide bonds. The van der Waals surface area contributed by atoms with E-state index >= 15 is 0 Å². The Morgan fingerprint density at radius 3 is 2.43 bits per heavy atom. The zero-order chi connectivity index (χ0) is 15.2. The number of hydrogen-bond donors (Lipinski definition) is 1. The Hall–Kier alpha value is -1.91. The molecular weight excluding hydrogens is 313 g/mol. The van der Waals surface area contributed by atoms with Crippen molar-refractivity contribution < 1.29 is 14.3 Å². The first-order valence-electron chi connectivity index (χ1n) is 6.11. The highest BCUT2D eigenvalue weighted by Gasteiger charge is 2.09. The van der Waals surface area contributed by atoms with E-state index in [-0.39, 0.29) is 12.5 Å². The van der Waals surface area contributed by atoms with Crippen LogP contribution >= 0.6 is 23.2 Å². The molecule has 0 saturated heterocycles. The third-order valence-electron chi connectivity index (χ3n) is 2.66. The molecule has 4 nitrogen and oxygen atoms in total. The summed E-state index contributed by atoms with van der Waals surface area (Å²) in [6.07, 6.45) is 0. The van der Waals surface area contributed by atoms with Crippen molar-refractivity contribution in [2.24, 2.45) is 0 Å². The fraction of sp³-hybridized carbons (Fsp3) is 0.133. The maximum Gasteiger partial charge on any atom is 0.262 e. The molecule has 110 valence electrons. The summed E-state index contributed by atoms with van der Waals surface area (Å²) < 4.78 is 10.4. The van der Waals surface area contributed by atoms with Crippen LogP contribution in [0.3, 0.4) is 0 Å². The first kappa shape index (κ1) is 15.5. The summed E-state index contributed by atoms with van der Waals surface area (Å²) in [6.45, 7) is -0.130. The number of carbonyl (C=O) groups is 1. The van der Waals surface area contributed by atoms with Crippen molar-refractivity contribution in [2.75, 3.05) is 19.0 Å². The maximum absolute atomic E-state index is 11.8. The van der Waals surface area contributed by atoms with Crippen LogP contribution in [-0.4, -0.2) is 19.6 Å². The Labute approximate surface area is 132 Å². The quantitative estimate of drug-likeness (QED) is 0.903. The Kier molecular flexibility index (Phi) is 5.31. The minimum Gasteiger partial charge on any atom is -0.497 e. The molecule has 0 fully saturated rings. The van der Waals surface area contributed by atoms with Gasteiger partial charge in [-0.3, -0.25) is 4.79 Å². The number of nitrogens with one attached hydrogen (secondary N) is 1. The topological polar surface area (TPSA) is 47.6 Å². The van der Waals surface area contributed by atoms with Crippen LogP contribution in [0.2, 0.25) is 10.0 Å². The molecule has 0 radical (unpaired) electrons. The maximum atomic E-state index is 11.8. The number of hydrogen-bond acceptors (Lipinski definition) is 3. The van der Waals surface area contributed by atoms with Crippen molar-refractivity contribution in [1.29, 1.82) is 0 Å². The first-order valence-corrected chi connectivity index (χ1v) is 6.86. The fourth-order valence-electron chi connectivity index (χ4n) is 1.61. The minimum atomic E-state index is -0.324. The van der Waals surface area contributed by atoms with Gasteiger partial charge in [0.25, 0.3) is 5.91 Å². The second-order valence-electron chi connectivity index (χ2n) is 4.11. The van der Waals surface area contributed by atoms with Gasteiger partial charge in [0.15, 0.2) is 6.61 Å². The van der Waals surface area contributed by atoms with E-state index in [9.17, 15) is 4.79 Å². The fourth-order valence-corrected chi connectivity index (χ4v) is 1.96. The van der Waals surface area contributed by atoms with E-state index < -0.39 is 0 Å². The van der Waals surface area contributed by atoms with Crippen molar-refractivity contribution in [3.63, 3.8) is 0 Å². The summed E-state index contributed by atoms with van der Waals surface area (Å²) in [6, 6.07) is 12.0. The van der Waals surface area contributed by atoms with Gasteiger partial charge in [-0.2, -0.15) is 0 Å². The van der Waals surface area contributed by atoms with Crippen molar-refractivity contribution >= 4 is 34.8 Å². The molecular formula is C15H13Cl2NO3. The molecule has 0 heterocycles. The highest BCUT2D eigenvalue weighted by atomic mass is 35.5. The number of carbonyl (C=O) groups excluding carboxylic acids is 1. The van der Waals surface area contributed by atoms with Gasteiger partial charge in [0.1, 0.15) is 11.5 Å². The van der Waals surface area contributed by atoms with Crippen LogP contribution in [0.15, 0.2) is 42.5 Å². The molecule has 6 heteroatoms. The number of methoxy groups -OCH3 is 1. The van der Waals surface area contributed by atoms with Crippen LogP contribution in [0, 0.1) is 0 Å². The zero-order valence-electron chi connectivity index (χ0n) is 11.2. The average molecular weight is 326 g/mol. The van der Waals surface area contributed by atoms with Gasteiger partial charge in [0, 0.05) is 0 Å². The monoisotopic (exact) mass is 325 g/mol.